The smallest absolute Gasteiger partial charge is 0.222 e. The van der Waals surface area contributed by atoms with Crippen molar-refractivity contribution in [3.8, 4) is 0 Å². The van der Waals surface area contributed by atoms with Crippen LogP contribution in [-0.2, 0) is 9.59 Å². The highest BCUT2D eigenvalue weighted by Crippen LogP contribution is 2.31. The SMILES string of the molecule is NCC1CCC(CC(=O)N2CCC(C(N)=O)C2)CC1. The van der Waals surface area contributed by atoms with E-state index >= 15 is 0 Å². The number of nitrogens with zero attached hydrogens (tertiary/aromatic N) is 1. The third kappa shape index (κ3) is 3.69. The Morgan fingerprint density at radius 3 is 2.21 bits per heavy atom. The summed E-state index contributed by atoms with van der Waals surface area (Å²) in [6.45, 7) is 1.98. The second-order valence-corrected chi connectivity index (χ2v) is 6.05. The number of primary amides is 1. The fourth-order valence-electron chi connectivity index (χ4n) is 3.27. The topological polar surface area (TPSA) is 89.4 Å². The van der Waals surface area contributed by atoms with Crippen LogP contribution in [0.25, 0.3) is 0 Å². The van der Waals surface area contributed by atoms with Gasteiger partial charge in [0.25, 0.3) is 0 Å². The highest BCUT2D eigenvalue weighted by Gasteiger charge is 2.31. The van der Waals surface area contributed by atoms with Gasteiger partial charge in [-0.05, 0) is 50.5 Å². The maximum absolute atomic E-state index is 12.2. The minimum absolute atomic E-state index is 0.142. The van der Waals surface area contributed by atoms with Crippen molar-refractivity contribution in [2.24, 2.45) is 29.2 Å². The molecule has 19 heavy (non-hydrogen) atoms. The van der Waals surface area contributed by atoms with Crippen LogP contribution >= 0.6 is 0 Å². The Bertz CT molecular complexity index is 338. The van der Waals surface area contributed by atoms with Gasteiger partial charge in [-0.3, -0.25) is 9.59 Å². The number of carbonyl (C=O) groups is 2. The molecule has 0 radical (unpaired) electrons. The number of likely N-dealkylation sites (tertiary alicyclic amines) is 1. The van der Waals surface area contributed by atoms with Crippen molar-refractivity contribution in [1.82, 2.24) is 4.90 Å². The Morgan fingerprint density at radius 1 is 1.05 bits per heavy atom. The Balaban J connectivity index is 1.75. The van der Waals surface area contributed by atoms with Crippen molar-refractivity contribution in [2.45, 2.75) is 38.5 Å². The van der Waals surface area contributed by atoms with Crippen LogP contribution in [0, 0.1) is 17.8 Å². The zero-order valence-corrected chi connectivity index (χ0v) is 11.5. The van der Waals surface area contributed by atoms with E-state index in [9.17, 15) is 9.59 Å². The summed E-state index contributed by atoms with van der Waals surface area (Å²) in [6.07, 6.45) is 5.88. The summed E-state index contributed by atoms with van der Waals surface area (Å²) in [6, 6.07) is 0. The first-order valence-electron chi connectivity index (χ1n) is 7.37. The number of rotatable bonds is 4. The third-order valence-corrected chi connectivity index (χ3v) is 4.71. The number of nitrogens with two attached hydrogens (primary N) is 2. The van der Waals surface area contributed by atoms with E-state index in [1.165, 1.54) is 0 Å². The lowest BCUT2D eigenvalue weighted by atomic mass is 9.80. The number of carbonyl (C=O) groups excluding carboxylic acids is 2. The van der Waals surface area contributed by atoms with E-state index < -0.39 is 0 Å². The number of amides is 2. The van der Waals surface area contributed by atoms with Gasteiger partial charge in [-0.15, -0.1) is 0 Å². The minimum atomic E-state index is -0.279. The lowest BCUT2D eigenvalue weighted by Crippen LogP contribution is -2.33. The van der Waals surface area contributed by atoms with Gasteiger partial charge in [-0.2, -0.15) is 0 Å². The van der Waals surface area contributed by atoms with E-state index in [0.29, 0.717) is 31.3 Å². The van der Waals surface area contributed by atoms with Crippen molar-refractivity contribution in [1.29, 1.82) is 0 Å². The van der Waals surface area contributed by atoms with Gasteiger partial charge in [0, 0.05) is 19.5 Å². The zero-order chi connectivity index (χ0) is 13.8. The Kier molecular flexibility index (Phi) is 4.80. The molecule has 2 fully saturated rings. The molecule has 2 aliphatic rings. The summed E-state index contributed by atoms with van der Waals surface area (Å²) in [4.78, 5) is 25.1. The van der Waals surface area contributed by atoms with Crippen molar-refractivity contribution >= 4 is 11.8 Å². The Labute approximate surface area is 114 Å². The van der Waals surface area contributed by atoms with Crippen LogP contribution in [-0.4, -0.2) is 36.3 Å². The molecule has 0 aromatic heterocycles. The number of hydrogen-bond donors (Lipinski definition) is 2. The fourth-order valence-corrected chi connectivity index (χ4v) is 3.27. The van der Waals surface area contributed by atoms with Crippen LogP contribution in [0.3, 0.4) is 0 Å². The largest absolute Gasteiger partial charge is 0.369 e. The Morgan fingerprint density at radius 2 is 1.68 bits per heavy atom. The number of hydrogen-bond acceptors (Lipinski definition) is 3. The summed E-state index contributed by atoms with van der Waals surface area (Å²) < 4.78 is 0. The zero-order valence-electron chi connectivity index (χ0n) is 11.5. The van der Waals surface area contributed by atoms with Crippen molar-refractivity contribution in [2.75, 3.05) is 19.6 Å². The quantitative estimate of drug-likeness (QED) is 0.776. The summed E-state index contributed by atoms with van der Waals surface area (Å²) in [5.41, 5.74) is 11.0. The summed E-state index contributed by atoms with van der Waals surface area (Å²) in [5, 5.41) is 0. The van der Waals surface area contributed by atoms with Gasteiger partial charge in [0.15, 0.2) is 0 Å². The van der Waals surface area contributed by atoms with Crippen LogP contribution in [0.2, 0.25) is 0 Å². The van der Waals surface area contributed by atoms with Gasteiger partial charge in [-0.25, -0.2) is 0 Å². The summed E-state index contributed by atoms with van der Waals surface area (Å²) >= 11 is 0. The van der Waals surface area contributed by atoms with Crippen LogP contribution in [0.5, 0.6) is 0 Å². The van der Waals surface area contributed by atoms with Gasteiger partial charge >= 0.3 is 0 Å². The van der Waals surface area contributed by atoms with E-state index in [0.717, 1.165) is 38.6 Å². The molecule has 5 heteroatoms. The van der Waals surface area contributed by atoms with E-state index in [1.54, 1.807) is 0 Å². The van der Waals surface area contributed by atoms with Crippen LogP contribution in [0.15, 0.2) is 0 Å². The highest BCUT2D eigenvalue weighted by atomic mass is 16.2. The van der Waals surface area contributed by atoms with Crippen molar-refractivity contribution < 1.29 is 9.59 Å². The third-order valence-electron chi connectivity index (χ3n) is 4.71. The molecule has 1 atom stereocenters. The van der Waals surface area contributed by atoms with Crippen LogP contribution < -0.4 is 11.5 Å². The molecule has 0 aromatic carbocycles. The normalized spacial score (nSPS) is 31.4. The predicted molar refractivity (Wildman–Crippen MR) is 73.0 cm³/mol. The lowest BCUT2D eigenvalue weighted by Gasteiger charge is -2.28. The molecule has 1 saturated heterocycles. The van der Waals surface area contributed by atoms with E-state index in [1.807, 2.05) is 4.90 Å². The van der Waals surface area contributed by atoms with Crippen molar-refractivity contribution in [3.63, 3.8) is 0 Å². The standard InChI is InChI=1S/C14H25N3O2/c15-8-11-3-1-10(2-4-11)7-13(18)17-6-5-12(9-17)14(16)19/h10-12H,1-9,15H2,(H2,16,19). The van der Waals surface area contributed by atoms with Gasteiger partial charge < -0.3 is 16.4 Å². The van der Waals surface area contributed by atoms with E-state index in [4.69, 9.17) is 11.5 Å². The second kappa shape index (κ2) is 6.37. The molecule has 1 saturated carbocycles. The molecule has 2 rings (SSSR count). The monoisotopic (exact) mass is 267 g/mol. The average molecular weight is 267 g/mol. The molecule has 4 N–H and O–H groups in total. The maximum Gasteiger partial charge on any atom is 0.222 e. The van der Waals surface area contributed by atoms with Gasteiger partial charge in [0.2, 0.25) is 11.8 Å². The van der Waals surface area contributed by atoms with Crippen LogP contribution in [0.4, 0.5) is 0 Å². The highest BCUT2D eigenvalue weighted by molar-refractivity contribution is 5.81. The fraction of sp³-hybridized carbons (Fsp3) is 0.857. The molecule has 2 amide bonds. The maximum atomic E-state index is 12.2. The molecule has 5 nitrogen and oxygen atoms in total. The lowest BCUT2D eigenvalue weighted by molar-refractivity contribution is -0.131. The van der Waals surface area contributed by atoms with Gasteiger partial charge in [0.05, 0.1) is 5.92 Å². The van der Waals surface area contributed by atoms with E-state index in [-0.39, 0.29) is 17.7 Å². The molecule has 1 aliphatic heterocycles. The predicted octanol–water partition coefficient (Wildman–Crippen LogP) is 0.475. The van der Waals surface area contributed by atoms with Gasteiger partial charge in [0.1, 0.15) is 0 Å². The summed E-state index contributed by atoms with van der Waals surface area (Å²) in [5.74, 6) is 0.927. The molecule has 1 aliphatic carbocycles. The Hall–Kier alpha value is -1.10. The van der Waals surface area contributed by atoms with Gasteiger partial charge in [-0.1, -0.05) is 0 Å². The molecule has 1 unspecified atom stereocenters. The molecule has 108 valence electrons. The minimum Gasteiger partial charge on any atom is -0.369 e. The molecule has 0 bridgehead atoms. The molecule has 0 aromatic rings. The van der Waals surface area contributed by atoms with Crippen LogP contribution in [0.1, 0.15) is 38.5 Å². The van der Waals surface area contributed by atoms with E-state index in [2.05, 4.69) is 0 Å². The second-order valence-electron chi connectivity index (χ2n) is 6.05. The van der Waals surface area contributed by atoms with Crippen molar-refractivity contribution in [3.05, 3.63) is 0 Å². The molecular weight excluding hydrogens is 242 g/mol. The first-order valence-corrected chi connectivity index (χ1v) is 7.37. The average Bonchev–Trinajstić information content (AvgIpc) is 2.89. The molecule has 1 heterocycles. The first-order chi connectivity index (χ1) is 9.10. The first kappa shape index (κ1) is 14.3. The molecule has 0 spiro atoms. The summed E-state index contributed by atoms with van der Waals surface area (Å²) in [7, 11) is 0. The molecular formula is C14H25N3O2.